The quantitative estimate of drug-likeness (QED) is 0.831. The van der Waals surface area contributed by atoms with Gasteiger partial charge in [-0.15, -0.1) is 0 Å². The summed E-state index contributed by atoms with van der Waals surface area (Å²) in [5.74, 6) is 0.590. The van der Waals surface area contributed by atoms with Crippen LogP contribution in [0.2, 0.25) is 0 Å². The van der Waals surface area contributed by atoms with Gasteiger partial charge in [0.25, 0.3) is 5.89 Å². The number of nitrogens with zero attached hydrogens (tertiary/aromatic N) is 2. The van der Waals surface area contributed by atoms with Crippen LogP contribution < -0.4 is 5.32 Å². The Morgan fingerprint density at radius 1 is 1.44 bits per heavy atom. The summed E-state index contributed by atoms with van der Waals surface area (Å²) in [5, 5.41) is 6.49. The van der Waals surface area contributed by atoms with Gasteiger partial charge in [0, 0.05) is 0 Å². The molecule has 0 unspecified atom stereocenters. The van der Waals surface area contributed by atoms with Gasteiger partial charge in [-0.1, -0.05) is 42.1 Å². The zero-order valence-electron chi connectivity index (χ0n) is 9.96. The van der Waals surface area contributed by atoms with Gasteiger partial charge in [0.2, 0.25) is 5.91 Å². The van der Waals surface area contributed by atoms with Crippen molar-refractivity contribution in [3.05, 3.63) is 60.3 Å². The molecule has 0 fully saturated rings. The number of carbonyl (C=O) groups excluding carboxylic acids is 1. The van der Waals surface area contributed by atoms with Crippen molar-refractivity contribution in [1.82, 2.24) is 15.5 Å². The van der Waals surface area contributed by atoms with E-state index < -0.39 is 6.04 Å². The second-order valence-corrected chi connectivity index (χ2v) is 3.74. The molecular weight excluding hydrogens is 230 g/mol. The normalized spacial score (nSPS) is 11.8. The molecule has 1 amide bonds. The van der Waals surface area contributed by atoms with Crippen LogP contribution in [0.3, 0.4) is 0 Å². The smallest absolute Gasteiger partial charge is 0.253 e. The summed E-state index contributed by atoms with van der Waals surface area (Å²) in [5.41, 5.74) is 0.872. The van der Waals surface area contributed by atoms with E-state index in [4.69, 9.17) is 4.52 Å². The molecule has 0 aliphatic rings. The Kier molecular flexibility index (Phi) is 3.52. The molecule has 0 aliphatic carbocycles. The maximum absolute atomic E-state index is 11.5. The van der Waals surface area contributed by atoms with Crippen LogP contribution in [0, 0.1) is 6.92 Å². The molecule has 18 heavy (non-hydrogen) atoms. The number of hydrogen-bond donors (Lipinski definition) is 1. The SMILES string of the molecule is C=CC(=O)N[C@@H](c1ccccc1)c1nc(C)no1. The molecule has 0 bridgehead atoms. The standard InChI is InChI=1S/C13H13N3O2/c1-3-11(17)15-12(10-7-5-4-6-8-10)13-14-9(2)16-18-13/h3-8,12H,1H2,2H3,(H,15,17)/t12-/m0/s1. The molecule has 0 radical (unpaired) electrons. The first-order valence-electron chi connectivity index (χ1n) is 5.49. The summed E-state index contributed by atoms with van der Waals surface area (Å²) in [6.07, 6.45) is 1.21. The van der Waals surface area contributed by atoms with Gasteiger partial charge >= 0.3 is 0 Å². The Balaban J connectivity index is 2.34. The van der Waals surface area contributed by atoms with Crippen LogP contribution in [0.25, 0.3) is 0 Å². The van der Waals surface area contributed by atoms with Crippen molar-refractivity contribution in [2.45, 2.75) is 13.0 Å². The molecule has 2 aromatic rings. The summed E-state index contributed by atoms with van der Waals surface area (Å²) in [4.78, 5) is 15.6. The fourth-order valence-corrected chi connectivity index (χ4v) is 1.56. The predicted molar refractivity (Wildman–Crippen MR) is 65.7 cm³/mol. The number of benzene rings is 1. The molecule has 0 aliphatic heterocycles. The fraction of sp³-hybridized carbons (Fsp3) is 0.154. The van der Waals surface area contributed by atoms with Crippen LogP contribution in [-0.4, -0.2) is 16.0 Å². The van der Waals surface area contributed by atoms with Crippen LogP contribution in [-0.2, 0) is 4.79 Å². The van der Waals surface area contributed by atoms with E-state index in [0.717, 1.165) is 5.56 Å². The predicted octanol–water partition coefficient (Wildman–Crippen LogP) is 1.77. The monoisotopic (exact) mass is 243 g/mol. The molecular formula is C13H13N3O2. The van der Waals surface area contributed by atoms with Gasteiger partial charge in [-0.3, -0.25) is 4.79 Å². The second-order valence-electron chi connectivity index (χ2n) is 3.74. The van der Waals surface area contributed by atoms with E-state index in [9.17, 15) is 4.79 Å². The highest BCUT2D eigenvalue weighted by atomic mass is 16.5. The summed E-state index contributed by atoms with van der Waals surface area (Å²) in [7, 11) is 0. The molecule has 0 spiro atoms. The minimum absolute atomic E-state index is 0.292. The van der Waals surface area contributed by atoms with Crippen LogP contribution in [0.4, 0.5) is 0 Å². The van der Waals surface area contributed by atoms with Gasteiger partial charge in [0.1, 0.15) is 6.04 Å². The van der Waals surface area contributed by atoms with E-state index >= 15 is 0 Å². The summed E-state index contributed by atoms with van der Waals surface area (Å²) in [6, 6.07) is 8.96. The summed E-state index contributed by atoms with van der Waals surface area (Å²) in [6.45, 7) is 5.15. The molecule has 0 saturated heterocycles. The Morgan fingerprint density at radius 3 is 2.72 bits per heavy atom. The molecule has 1 aromatic heterocycles. The minimum atomic E-state index is -0.460. The maximum Gasteiger partial charge on any atom is 0.253 e. The maximum atomic E-state index is 11.5. The van der Waals surface area contributed by atoms with Gasteiger partial charge in [-0.05, 0) is 18.6 Å². The third kappa shape index (κ3) is 2.63. The highest BCUT2D eigenvalue weighted by Gasteiger charge is 2.21. The highest BCUT2D eigenvalue weighted by Crippen LogP contribution is 2.20. The molecule has 1 atom stereocenters. The first kappa shape index (κ1) is 12.0. The van der Waals surface area contributed by atoms with Crippen LogP contribution >= 0.6 is 0 Å². The zero-order chi connectivity index (χ0) is 13.0. The Morgan fingerprint density at radius 2 is 2.17 bits per heavy atom. The molecule has 1 N–H and O–H groups in total. The van der Waals surface area contributed by atoms with Gasteiger partial charge in [-0.2, -0.15) is 4.98 Å². The summed E-state index contributed by atoms with van der Waals surface area (Å²) >= 11 is 0. The number of rotatable bonds is 4. The van der Waals surface area contributed by atoms with Gasteiger partial charge < -0.3 is 9.84 Å². The molecule has 1 aromatic carbocycles. The summed E-state index contributed by atoms with van der Waals surface area (Å²) < 4.78 is 5.12. The van der Waals surface area contributed by atoms with Crippen molar-refractivity contribution in [2.75, 3.05) is 0 Å². The van der Waals surface area contributed by atoms with Crippen LogP contribution in [0.1, 0.15) is 23.3 Å². The van der Waals surface area contributed by atoms with E-state index in [0.29, 0.717) is 11.7 Å². The minimum Gasteiger partial charge on any atom is -0.337 e. The molecule has 5 nitrogen and oxygen atoms in total. The molecule has 5 heteroatoms. The van der Waals surface area contributed by atoms with Crippen molar-refractivity contribution in [2.24, 2.45) is 0 Å². The van der Waals surface area contributed by atoms with Gasteiger partial charge in [-0.25, -0.2) is 0 Å². The molecule has 2 rings (SSSR count). The number of aromatic nitrogens is 2. The molecule has 92 valence electrons. The van der Waals surface area contributed by atoms with E-state index in [-0.39, 0.29) is 5.91 Å². The van der Waals surface area contributed by atoms with E-state index in [1.54, 1.807) is 6.92 Å². The van der Waals surface area contributed by atoms with Gasteiger partial charge in [0.05, 0.1) is 0 Å². The van der Waals surface area contributed by atoms with Crippen molar-refractivity contribution >= 4 is 5.91 Å². The zero-order valence-corrected chi connectivity index (χ0v) is 9.96. The Bertz CT molecular complexity index is 548. The lowest BCUT2D eigenvalue weighted by molar-refractivity contribution is -0.117. The number of nitrogens with one attached hydrogen (secondary N) is 1. The number of hydrogen-bond acceptors (Lipinski definition) is 4. The average Bonchev–Trinajstić information content (AvgIpc) is 2.83. The van der Waals surface area contributed by atoms with Gasteiger partial charge in [0.15, 0.2) is 5.82 Å². The molecule has 0 saturated carbocycles. The van der Waals surface area contributed by atoms with E-state index in [1.807, 2.05) is 30.3 Å². The lowest BCUT2D eigenvalue weighted by atomic mass is 10.1. The Hall–Kier alpha value is -2.43. The third-order valence-corrected chi connectivity index (χ3v) is 2.40. The fourth-order valence-electron chi connectivity index (χ4n) is 1.56. The van der Waals surface area contributed by atoms with Crippen LogP contribution in [0.15, 0.2) is 47.5 Å². The Labute approximate surface area is 105 Å². The van der Waals surface area contributed by atoms with Crippen molar-refractivity contribution < 1.29 is 9.32 Å². The number of aryl methyl sites for hydroxylation is 1. The van der Waals surface area contributed by atoms with Crippen LogP contribution in [0.5, 0.6) is 0 Å². The lowest BCUT2D eigenvalue weighted by Gasteiger charge is -2.13. The largest absolute Gasteiger partial charge is 0.337 e. The van der Waals surface area contributed by atoms with E-state index in [2.05, 4.69) is 22.0 Å². The third-order valence-electron chi connectivity index (χ3n) is 2.40. The number of amides is 1. The average molecular weight is 243 g/mol. The van der Waals surface area contributed by atoms with Crippen molar-refractivity contribution in [1.29, 1.82) is 0 Å². The first-order chi connectivity index (χ1) is 8.70. The molecule has 1 heterocycles. The topological polar surface area (TPSA) is 68.0 Å². The van der Waals surface area contributed by atoms with Crippen molar-refractivity contribution in [3.8, 4) is 0 Å². The first-order valence-corrected chi connectivity index (χ1v) is 5.49. The number of carbonyl (C=O) groups is 1. The highest BCUT2D eigenvalue weighted by molar-refractivity contribution is 5.87. The van der Waals surface area contributed by atoms with E-state index in [1.165, 1.54) is 6.08 Å². The second kappa shape index (κ2) is 5.27. The van der Waals surface area contributed by atoms with Crippen molar-refractivity contribution in [3.63, 3.8) is 0 Å². The lowest BCUT2D eigenvalue weighted by Crippen LogP contribution is -2.27.